The Morgan fingerprint density at radius 1 is 1.21 bits per heavy atom. The van der Waals surface area contributed by atoms with E-state index in [1.807, 2.05) is 43.1 Å². The molecule has 9 heteroatoms. The molecule has 0 saturated heterocycles. The highest BCUT2D eigenvalue weighted by Gasteiger charge is 2.18. The van der Waals surface area contributed by atoms with Crippen LogP contribution in [-0.2, 0) is 20.9 Å². The summed E-state index contributed by atoms with van der Waals surface area (Å²) in [6.45, 7) is 2.98. The highest BCUT2D eigenvalue weighted by molar-refractivity contribution is 5.95. The van der Waals surface area contributed by atoms with Crippen LogP contribution in [0.3, 0.4) is 0 Å². The van der Waals surface area contributed by atoms with E-state index in [4.69, 9.17) is 10.00 Å². The Morgan fingerprint density at radius 2 is 1.89 bits per heavy atom. The summed E-state index contributed by atoms with van der Waals surface area (Å²) in [7, 11) is 0. The summed E-state index contributed by atoms with van der Waals surface area (Å²) in [6, 6.07) is 8.67. The van der Waals surface area contributed by atoms with Gasteiger partial charge in [-0.15, -0.1) is 0 Å². The molecule has 9 nitrogen and oxygen atoms in total. The van der Waals surface area contributed by atoms with Gasteiger partial charge in [-0.05, 0) is 37.1 Å². The number of hydrogen-bond donors (Lipinski definition) is 1. The van der Waals surface area contributed by atoms with Gasteiger partial charge in [0.25, 0.3) is 11.5 Å². The number of carbonyl (C=O) groups is 2. The molecule has 0 spiro atoms. The molecule has 0 fully saturated rings. The number of aromatic amines is 1. The molecule has 2 aromatic rings. The molecular formula is C19H20N4O5. The van der Waals surface area contributed by atoms with Gasteiger partial charge in [0.1, 0.15) is 6.54 Å². The summed E-state index contributed by atoms with van der Waals surface area (Å²) >= 11 is 0. The van der Waals surface area contributed by atoms with E-state index in [1.54, 1.807) is 0 Å². The predicted octanol–water partition coefficient (Wildman–Crippen LogP) is 0.644. The summed E-state index contributed by atoms with van der Waals surface area (Å²) < 4.78 is 5.93. The van der Waals surface area contributed by atoms with Crippen LogP contribution >= 0.6 is 0 Å². The third kappa shape index (κ3) is 5.67. The van der Waals surface area contributed by atoms with Crippen LogP contribution in [0.5, 0.6) is 0 Å². The number of anilines is 1. The number of hydrogen-bond acceptors (Lipinski definition) is 6. The number of esters is 1. The molecule has 1 aromatic heterocycles. The van der Waals surface area contributed by atoms with Gasteiger partial charge in [-0.2, -0.15) is 5.26 Å². The number of rotatable bonds is 7. The maximum Gasteiger partial charge on any atom is 0.328 e. The highest BCUT2D eigenvalue weighted by Crippen LogP contribution is 2.19. The van der Waals surface area contributed by atoms with Gasteiger partial charge >= 0.3 is 11.7 Å². The van der Waals surface area contributed by atoms with E-state index >= 15 is 0 Å². The molecule has 2 rings (SSSR count). The number of H-pyrrole nitrogens is 1. The van der Waals surface area contributed by atoms with Gasteiger partial charge in [0, 0.05) is 24.5 Å². The highest BCUT2D eigenvalue weighted by atomic mass is 16.5. The van der Waals surface area contributed by atoms with Gasteiger partial charge in [-0.3, -0.25) is 23.9 Å². The van der Waals surface area contributed by atoms with E-state index < -0.39 is 36.3 Å². The number of carbonyl (C=O) groups excluding carboxylic acids is 2. The minimum atomic E-state index is -0.803. The van der Waals surface area contributed by atoms with Gasteiger partial charge < -0.3 is 9.64 Å². The normalized spacial score (nSPS) is 10.2. The third-order valence-electron chi connectivity index (χ3n) is 3.82. The van der Waals surface area contributed by atoms with Crippen LogP contribution in [0.4, 0.5) is 5.69 Å². The number of benzene rings is 1. The fourth-order valence-corrected chi connectivity index (χ4v) is 2.64. The topological polar surface area (TPSA) is 125 Å². The average Bonchev–Trinajstić information content (AvgIpc) is 2.62. The second-order valence-corrected chi connectivity index (χ2v) is 6.20. The van der Waals surface area contributed by atoms with Crippen LogP contribution in [0.25, 0.3) is 0 Å². The number of nitrogens with one attached hydrogen (secondary N) is 1. The summed E-state index contributed by atoms with van der Waals surface area (Å²) in [5.74, 6) is -1.29. The Hall–Kier alpha value is -3.67. The van der Waals surface area contributed by atoms with Crippen molar-refractivity contribution in [1.29, 1.82) is 5.26 Å². The van der Waals surface area contributed by atoms with Gasteiger partial charge in [0.05, 0.1) is 12.5 Å². The molecule has 1 aromatic carbocycles. The first kappa shape index (κ1) is 20.6. The van der Waals surface area contributed by atoms with Crippen molar-refractivity contribution < 1.29 is 14.3 Å². The molecule has 28 heavy (non-hydrogen) atoms. The molecule has 1 heterocycles. The van der Waals surface area contributed by atoms with Crippen LogP contribution in [0.2, 0.25) is 0 Å². The first-order valence-electron chi connectivity index (χ1n) is 8.51. The van der Waals surface area contributed by atoms with E-state index in [0.29, 0.717) is 5.69 Å². The summed E-state index contributed by atoms with van der Waals surface area (Å²) in [6.07, 6.45) is 1.29. The smallest absolute Gasteiger partial charge is 0.328 e. The summed E-state index contributed by atoms with van der Waals surface area (Å²) in [5, 5.41) is 8.85. The Labute approximate surface area is 160 Å². The second kappa shape index (κ2) is 9.32. The van der Waals surface area contributed by atoms with Crippen LogP contribution < -0.4 is 16.1 Å². The number of amides is 1. The van der Waals surface area contributed by atoms with Crippen molar-refractivity contribution in [3.8, 4) is 6.07 Å². The van der Waals surface area contributed by atoms with Crippen molar-refractivity contribution in [3.63, 3.8) is 0 Å². The van der Waals surface area contributed by atoms with Crippen molar-refractivity contribution in [2.45, 2.75) is 26.8 Å². The number of ether oxygens (including phenoxy) is 1. The quantitative estimate of drug-likeness (QED) is 0.699. The van der Waals surface area contributed by atoms with E-state index in [-0.39, 0.29) is 13.0 Å². The molecule has 0 aliphatic carbocycles. The minimum absolute atomic E-state index is 0.124. The van der Waals surface area contributed by atoms with E-state index in [0.717, 1.165) is 21.8 Å². The molecule has 0 aliphatic rings. The average molecular weight is 384 g/mol. The summed E-state index contributed by atoms with van der Waals surface area (Å²) in [5.41, 5.74) is 1.21. The molecule has 0 bridgehead atoms. The Morgan fingerprint density at radius 3 is 2.50 bits per heavy atom. The van der Waals surface area contributed by atoms with Crippen LogP contribution in [-0.4, -0.2) is 34.6 Å². The lowest BCUT2D eigenvalue weighted by atomic mass is 10.1. The maximum atomic E-state index is 12.6. The SMILES string of the molecule is Cc1cc(C)cc(N(CCC#N)C(=O)COC(=O)Cn2ccc(=O)[nH]c2=O)c1. The van der Waals surface area contributed by atoms with Crippen molar-refractivity contribution in [1.82, 2.24) is 9.55 Å². The van der Waals surface area contributed by atoms with Crippen molar-refractivity contribution in [3.05, 3.63) is 62.4 Å². The molecule has 0 radical (unpaired) electrons. The van der Waals surface area contributed by atoms with Gasteiger partial charge in [0.15, 0.2) is 6.61 Å². The lowest BCUT2D eigenvalue weighted by molar-refractivity contribution is -0.148. The summed E-state index contributed by atoms with van der Waals surface area (Å²) in [4.78, 5) is 50.5. The Bertz CT molecular complexity index is 1010. The van der Waals surface area contributed by atoms with Crippen LogP contribution in [0.15, 0.2) is 40.1 Å². The molecule has 1 N–H and O–H groups in total. The second-order valence-electron chi connectivity index (χ2n) is 6.20. The molecule has 146 valence electrons. The lowest BCUT2D eigenvalue weighted by Crippen LogP contribution is -2.37. The van der Waals surface area contributed by atoms with Crippen molar-refractivity contribution in [2.75, 3.05) is 18.1 Å². The zero-order chi connectivity index (χ0) is 20.7. The van der Waals surface area contributed by atoms with Crippen molar-refractivity contribution in [2.24, 2.45) is 0 Å². The van der Waals surface area contributed by atoms with E-state index in [1.165, 1.54) is 11.1 Å². The monoisotopic (exact) mass is 384 g/mol. The molecule has 0 atom stereocenters. The molecule has 1 amide bonds. The maximum absolute atomic E-state index is 12.6. The molecule has 0 saturated carbocycles. The number of aryl methyl sites for hydroxylation is 2. The fraction of sp³-hybridized carbons (Fsp3) is 0.316. The van der Waals surface area contributed by atoms with Crippen LogP contribution in [0, 0.1) is 25.2 Å². The van der Waals surface area contributed by atoms with Gasteiger partial charge in [0.2, 0.25) is 0 Å². The molecular weight excluding hydrogens is 364 g/mol. The minimum Gasteiger partial charge on any atom is -0.454 e. The number of nitrogens with zero attached hydrogens (tertiary/aromatic N) is 3. The molecule has 0 unspecified atom stereocenters. The Kier molecular flexibility index (Phi) is 6.87. The molecule has 0 aliphatic heterocycles. The predicted molar refractivity (Wildman–Crippen MR) is 101 cm³/mol. The van der Waals surface area contributed by atoms with Gasteiger partial charge in [-0.25, -0.2) is 4.79 Å². The standard InChI is InChI=1S/C19H20N4O5/c1-13-8-14(2)10-15(9-13)23(6-3-5-20)17(25)12-28-18(26)11-22-7-4-16(24)21-19(22)27/h4,7-10H,3,6,11-12H2,1-2H3,(H,21,24,27). The first-order valence-corrected chi connectivity index (χ1v) is 8.51. The van der Waals surface area contributed by atoms with Crippen molar-refractivity contribution >= 4 is 17.6 Å². The van der Waals surface area contributed by atoms with Crippen LogP contribution in [0.1, 0.15) is 17.5 Å². The Balaban J connectivity index is 2.06. The van der Waals surface area contributed by atoms with E-state index in [9.17, 15) is 19.2 Å². The first-order chi connectivity index (χ1) is 13.3. The number of aromatic nitrogens is 2. The van der Waals surface area contributed by atoms with Gasteiger partial charge in [-0.1, -0.05) is 6.07 Å². The largest absolute Gasteiger partial charge is 0.454 e. The third-order valence-corrected chi connectivity index (χ3v) is 3.82. The fourth-order valence-electron chi connectivity index (χ4n) is 2.64. The van der Waals surface area contributed by atoms with E-state index in [2.05, 4.69) is 0 Å². The number of nitriles is 1. The lowest BCUT2D eigenvalue weighted by Gasteiger charge is -2.22. The zero-order valence-corrected chi connectivity index (χ0v) is 15.6. The zero-order valence-electron chi connectivity index (χ0n) is 15.6.